The standard InChI is InChI=1S/C22H22N2O3S.2CH3NOS.CH4.H2O/c1-4-15(2)17-13-20(19-7-5-6-8-21(19)28(23,25)26)22(24-14-17)16-9-11-18(27-3)12-10-16;2*2-1(3)4;;/h4-15H,1H2,2-3H3,(H2,23,25,26);2*(H3,2,3,4);1H4;1H2. The van der Waals surface area contributed by atoms with Gasteiger partial charge in [0.2, 0.25) is 10.0 Å². The number of rotatable bonds is 6. The summed E-state index contributed by atoms with van der Waals surface area (Å²) in [5, 5.41) is 4.19. The molecule has 0 bridgehead atoms. The van der Waals surface area contributed by atoms with Crippen molar-refractivity contribution in [2.45, 2.75) is 25.2 Å². The highest BCUT2D eigenvalue weighted by molar-refractivity contribution is 7.96. The maximum atomic E-state index is 12.2. The predicted molar refractivity (Wildman–Crippen MR) is 159 cm³/mol. The van der Waals surface area contributed by atoms with Gasteiger partial charge in [-0.15, -0.1) is 6.58 Å². The van der Waals surface area contributed by atoms with E-state index in [0.717, 1.165) is 16.9 Å². The average molecular weight is 583 g/mol. The van der Waals surface area contributed by atoms with E-state index in [2.05, 4.69) is 48.3 Å². The molecule has 0 radical (unpaired) electrons. The highest BCUT2D eigenvalue weighted by Crippen LogP contribution is 2.36. The topological polar surface area (TPSA) is 200 Å². The molecule has 0 spiro atoms. The van der Waals surface area contributed by atoms with Gasteiger partial charge in [-0.25, -0.2) is 13.6 Å². The molecule has 10 nitrogen and oxygen atoms in total. The first-order valence-corrected chi connectivity index (χ1v) is 12.6. The van der Waals surface area contributed by atoms with E-state index >= 15 is 0 Å². The van der Waals surface area contributed by atoms with Crippen LogP contribution in [0.2, 0.25) is 0 Å². The number of sulfonamides is 1. The van der Waals surface area contributed by atoms with Gasteiger partial charge in [0.05, 0.1) is 17.7 Å². The molecule has 0 aliphatic carbocycles. The number of thiol groups is 2. The number of primary sulfonamides is 1. The fourth-order valence-corrected chi connectivity index (χ4v) is 3.74. The lowest BCUT2D eigenvalue weighted by Crippen LogP contribution is -2.13. The number of benzene rings is 2. The Labute approximate surface area is 234 Å². The number of allylic oxidation sites excluding steroid dienone is 1. The normalized spacial score (nSPS) is 10.4. The maximum absolute atomic E-state index is 12.2. The van der Waals surface area contributed by atoms with Crippen molar-refractivity contribution in [1.29, 1.82) is 0 Å². The summed E-state index contributed by atoms with van der Waals surface area (Å²) in [6, 6.07) is 16.1. The second-order valence-corrected chi connectivity index (χ2v) is 9.55. The van der Waals surface area contributed by atoms with E-state index < -0.39 is 20.5 Å². The Morgan fingerprint density at radius 3 is 1.97 bits per heavy atom. The van der Waals surface area contributed by atoms with Crippen LogP contribution in [0.5, 0.6) is 5.75 Å². The zero-order valence-electron chi connectivity index (χ0n) is 20.2. The third kappa shape index (κ3) is 11.8. The molecule has 13 heteroatoms. The van der Waals surface area contributed by atoms with Crippen molar-refractivity contribution in [1.82, 2.24) is 4.98 Å². The Morgan fingerprint density at radius 2 is 1.53 bits per heavy atom. The van der Waals surface area contributed by atoms with Gasteiger partial charge in [-0.2, -0.15) is 0 Å². The Balaban J connectivity index is 0. The zero-order valence-corrected chi connectivity index (χ0v) is 22.8. The summed E-state index contributed by atoms with van der Waals surface area (Å²) in [7, 11) is -2.29. The number of pyridine rings is 1. The number of amides is 2. The average Bonchev–Trinajstić information content (AvgIpc) is 2.82. The van der Waals surface area contributed by atoms with Crippen LogP contribution >= 0.6 is 25.3 Å². The summed E-state index contributed by atoms with van der Waals surface area (Å²) in [5.41, 5.74) is 12.3. The van der Waals surface area contributed by atoms with Crippen molar-refractivity contribution in [3.05, 3.63) is 79.0 Å². The number of ether oxygens (including phenoxy) is 1. The van der Waals surface area contributed by atoms with E-state index in [0.29, 0.717) is 16.8 Å². The molecule has 0 aliphatic heterocycles. The van der Waals surface area contributed by atoms with Crippen LogP contribution in [0.4, 0.5) is 9.59 Å². The maximum Gasteiger partial charge on any atom is 0.273 e. The molecule has 0 saturated carbocycles. The Kier molecular flexibility index (Phi) is 16.7. The Hall–Kier alpha value is -3.36. The number of carbonyl (C=O) groups excluding carboxylic acids is 2. The highest BCUT2D eigenvalue weighted by Gasteiger charge is 2.19. The molecule has 0 saturated heterocycles. The molecule has 0 fully saturated rings. The summed E-state index contributed by atoms with van der Waals surface area (Å²) in [5.74, 6) is 0.796. The lowest BCUT2D eigenvalue weighted by Gasteiger charge is -2.16. The minimum absolute atomic E-state index is 0. The molecule has 208 valence electrons. The first-order chi connectivity index (χ1) is 16.8. The molecule has 1 unspecified atom stereocenters. The van der Waals surface area contributed by atoms with Gasteiger partial charge in [0.25, 0.3) is 10.5 Å². The quantitative estimate of drug-likeness (QED) is 0.213. The van der Waals surface area contributed by atoms with Crippen molar-refractivity contribution in [3.8, 4) is 28.1 Å². The number of methoxy groups -OCH3 is 1. The molecule has 2 aromatic carbocycles. The van der Waals surface area contributed by atoms with Gasteiger partial charge in [-0.1, -0.05) is 63.9 Å². The third-order valence-electron chi connectivity index (χ3n) is 4.64. The minimum Gasteiger partial charge on any atom is -0.497 e. The van der Waals surface area contributed by atoms with E-state index in [9.17, 15) is 8.42 Å². The van der Waals surface area contributed by atoms with Crippen molar-refractivity contribution >= 4 is 45.8 Å². The number of nitrogens with two attached hydrogens (primary N) is 3. The van der Waals surface area contributed by atoms with Gasteiger partial charge in [0.15, 0.2) is 0 Å². The van der Waals surface area contributed by atoms with Crippen LogP contribution in [0.15, 0.2) is 78.3 Å². The fourth-order valence-electron chi connectivity index (χ4n) is 2.99. The number of hydrogen-bond acceptors (Lipinski definition) is 6. The van der Waals surface area contributed by atoms with Crippen LogP contribution in [0, 0.1) is 0 Å². The smallest absolute Gasteiger partial charge is 0.273 e. The fraction of sp³-hybridized carbons (Fsp3) is 0.160. The van der Waals surface area contributed by atoms with Crippen LogP contribution in [0.3, 0.4) is 0 Å². The first-order valence-electron chi connectivity index (χ1n) is 10.2. The largest absolute Gasteiger partial charge is 0.497 e. The van der Waals surface area contributed by atoms with Crippen molar-refractivity contribution in [2.75, 3.05) is 7.11 Å². The molecule has 1 aromatic heterocycles. The first kappa shape index (κ1) is 36.8. The Bertz CT molecular complexity index is 1300. The molecule has 1 heterocycles. The van der Waals surface area contributed by atoms with Gasteiger partial charge >= 0.3 is 0 Å². The summed E-state index contributed by atoms with van der Waals surface area (Å²) < 4.78 is 29.5. The highest BCUT2D eigenvalue weighted by atomic mass is 32.2. The van der Waals surface area contributed by atoms with E-state index in [1.807, 2.05) is 43.3 Å². The summed E-state index contributed by atoms with van der Waals surface area (Å²) >= 11 is 6.21. The van der Waals surface area contributed by atoms with E-state index in [1.165, 1.54) is 6.07 Å². The summed E-state index contributed by atoms with van der Waals surface area (Å²) in [6.45, 7) is 5.84. The van der Waals surface area contributed by atoms with Gasteiger partial charge in [-0.05, 0) is 42.0 Å². The lowest BCUT2D eigenvalue weighted by atomic mass is 9.94. The third-order valence-corrected chi connectivity index (χ3v) is 5.60. The van der Waals surface area contributed by atoms with Crippen LogP contribution in [0.1, 0.15) is 25.8 Å². The zero-order chi connectivity index (χ0) is 27.5. The van der Waals surface area contributed by atoms with E-state index in [-0.39, 0.29) is 23.7 Å². The van der Waals surface area contributed by atoms with Crippen molar-refractivity contribution < 1.29 is 28.2 Å². The molecule has 1 atom stereocenters. The number of aromatic nitrogens is 1. The van der Waals surface area contributed by atoms with Gasteiger partial charge in [0.1, 0.15) is 5.75 Å². The number of primary amides is 2. The summed E-state index contributed by atoms with van der Waals surface area (Å²) in [6.07, 6.45) is 3.61. The molecule has 38 heavy (non-hydrogen) atoms. The van der Waals surface area contributed by atoms with Crippen molar-refractivity contribution in [3.63, 3.8) is 0 Å². The molecule has 2 amide bonds. The van der Waals surface area contributed by atoms with Crippen LogP contribution in [-0.4, -0.2) is 36.5 Å². The summed E-state index contributed by atoms with van der Waals surface area (Å²) in [4.78, 5) is 22.9. The van der Waals surface area contributed by atoms with E-state index in [1.54, 1.807) is 31.5 Å². The Morgan fingerprint density at radius 1 is 1.03 bits per heavy atom. The van der Waals surface area contributed by atoms with Gasteiger partial charge in [-0.3, -0.25) is 14.6 Å². The number of nitrogens with zero attached hydrogens (tertiary/aromatic N) is 1. The van der Waals surface area contributed by atoms with E-state index in [4.69, 9.17) is 19.5 Å². The molecule has 0 aliphatic rings. The number of hydrogen-bond donors (Lipinski definition) is 5. The SMILES string of the molecule is C.C=CC(C)c1cnc(-c2ccc(OC)cc2)c(-c2ccccc2S(N)(=O)=O)c1.NC(=O)S.NC(=O)S.O. The number of carbonyl (C=O) groups is 2. The van der Waals surface area contributed by atoms with Gasteiger partial charge in [0, 0.05) is 28.8 Å². The second-order valence-electron chi connectivity index (χ2n) is 7.14. The minimum atomic E-state index is -3.90. The monoisotopic (exact) mass is 582 g/mol. The molecule has 8 N–H and O–H groups in total. The van der Waals surface area contributed by atoms with Crippen LogP contribution < -0.4 is 21.3 Å². The van der Waals surface area contributed by atoms with Crippen LogP contribution in [-0.2, 0) is 10.0 Å². The molecular formula is C25H34N4O6S3. The van der Waals surface area contributed by atoms with Crippen LogP contribution in [0.25, 0.3) is 22.4 Å². The van der Waals surface area contributed by atoms with Gasteiger partial charge < -0.3 is 21.7 Å². The second kappa shape index (κ2) is 17.2. The predicted octanol–water partition coefficient (Wildman–Crippen LogP) is 4.16. The molecule has 3 rings (SSSR count). The van der Waals surface area contributed by atoms with Crippen molar-refractivity contribution in [2.24, 2.45) is 16.6 Å². The molecular weight excluding hydrogens is 548 g/mol. The lowest BCUT2D eigenvalue weighted by molar-refractivity contribution is 0.266. The molecule has 3 aromatic rings.